The zero-order valence-electron chi connectivity index (χ0n) is 14.8. The molecule has 0 radical (unpaired) electrons. The quantitative estimate of drug-likeness (QED) is 0.797. The van der Waals surface area contributed by atoms with Gasteiger partial charge in [-0.15, -0.1) is 0 Å². The minimum atomic E-state index is -3.78. The molecule has 1 aliphatic heterocycles. The Bertz CT molecular complexity index is 955. The first-order valence-corrected chi connectivity index (χ1v) is 10.6. The van der Waals surface area contributed by atoms with Gasteiger partial charge >= 0.3 is 0 Å². The van der Waals surface area contributed by atoms with Crippen LogP contribution < -0.4 is 5.32 Å². The lowest BCUT2D eigenvalue weighted by molar-refractivity contribution is -0.120. The molecular weight excluding hydrogens is 413 g/mol. The molecule has 1 N–H and O–H groups in total. The van der Waals surface area contributed by atoms with Gasteiger partial charge in [-0.2, -0.15) is 4.31 Å². The number of rotatable bonds is 4. The topological polar surface area (TPSA) is 92.5 Å². The molecule has 7 nitrogen and oxygen atoms in total. The molecule has 1 atom stereocenters. The summed E-state index contributed by atoms with van der Waals surface area (Å²) in [6.45, 7) is 3.56. The van der Waals surface area contributed by atoms with Gasteiger partial charge in [0.2, 0.25) is 15.9 Å². The summed E-state index contributed by atoms with van der Waals surface area (Å²) < 4.78 is 32.2. The van der Waals surface area contributed by atoms with Gasteiger partial charge in [0, 0.05) is 13.1 Å². The van der Waals surface area contributed by atoms with Crippen molar-refractivity contribution in [3.63, 3.8) is 0 Å². The summed E-state index contributed by atoms with van der Waals surface area (Å²) >= 11 is 12.1. The van der Waals surface area contributed by atoms with Crippen molar-refractivity contribution in [1.82, 2.24) is 9.46 Å². The largest absolute Gasteiger partial charge is 0.360 e. The van der Waals surface area contributed by atoms with Crippen LogP contribution in [-0.4, -0.2) is 36.9 Å². The number of carbonyl (C=O) groups excluding carboxylic acids is 1. The second kappa shape index (κ2) is 7.79. The van der Waals surface area contributed by atoms with E-state index in [9.17, 15) is 13.2 Å². The van der Waals surface area contributed by atoms with Crippen LogP contribution in [0.25, 0.3) is 0 Å². The first-order valence-electron chi connectivity index (χ1n) is 8.39. The molecular formula is C17H19Cl2N3O4S. The van der Waals surface area contributed by atoms with E-state index < -0.39 is 15.9 Å². The Balaban J connectivity index is 1.78. The molecule has 3 rings (SSSR count). The second-order valence-corrected chi connectivity index (χ2v) is 9.11. The van der Waals surface area contributed by atoms with Gasteiger partial charge in [0.25, 0.3) is 0 Å². The molecule has 0 spiro atoms. The third kappa shape index (κ3) is 3.99. The number of carbonyl (C=O) groups is 1. The zero-order chi connectivity index (χ0) is 19.8. The van der Waals surface area contributed by atoms with Gasteiger partial charge in [-0.1, -0.05) is 34.4 Å². The summed E-state index contributed by atoms with van der Waals surface area (Å²) in [5.41, 5.74) is 0.713. The molecule has 146 valence electrons. The van der Waals surface area contributed by atoms with E-state index in [1.54, 1.807) is 32.0 Å². The molecule has 1 fully saturated rings. The Morgan fingerprint density at radius 2 is 2.07 bits per heavy atom. The summed E-state index contributed by atoms with van der Waals surface area (Å²) in [7, 11) is -3.78. The number of nitrogens with zero attached hydrogens (tertiary/aromatic N) is 2. The van der Waals surface area contributed by atoms with Crippen molar-refractivity contribution in [2.45, 2.75) is 31.6 Å². The fourth-order valence-electron chi connectivity index (χ4n) is 3.18. The predicted molar refractivity (Wildman–Crippen MR) is 103 cm³/mol. The summed E-state index contributed by atoms with van der Waals surface area (Å²) in [4.78, 5) is 12.7. The summed E-state index contributed by atoms with van der Waals surface area (Å²) in [5.74, 6) is -0.549. The first-order chi connectivity index (χ1) is 12.7. The van der Waals surface area contributed by atoms with Crippen LogP contribution in [0.2, 0.25) is 10.0 Å². The van der Waals surface area contributed by atoms with Gasteiger partial charge < -0.3 is 9.84 Å². The monoisotopic (exact) mass is 431 g/mol. The standard InChI is InChI=1S/C17H19Cl2N3O4S/c1-10-16(11(2)26-21-10)27(24,25)22-8-4-5-12(9-22)17(23)20-14-7-3-6-13(18)15(14)19/h3,6-7,12H,4-5,8-9H2,1-2H3,(H,20,23)/t12-/m0/s1. The van der Waals surface area contributed by atoms with E-state index in [-0.39, 0.29) is 28.1 Å². The zero-order valence-corrected chi connectivity index (χ0v) is 17.2. The fraction of sp³-hybridized carbons (Fsp3) is 0.412. The van der Waals surface area contributed by atoms with E-state index >= 15 is 0 Å². The third-order valence-corrected chi connectivity index (χ3v) is 7.46. The first kappa shape index (κ1) is 20.1. The van der Waals surface area contributed by atoms with Crippen molar-refractivity contribution in [3.05, 3.63) is 39.7 Å². The number of aryl methyl sites for hydroxylation is 2. The predicted octanol–water partition coefficient (Wildman–Crippen LogP) is 3.64. The highest BCUT2D eigenvalue weighted by molar-refractivity contribution is 7.89. The maximum atomic E-state index is 13.0. The van der Waals surface area contributed by atoms with Gasteiger partial charge in [0.15, 0.2) is 5.76 Å². The molecule has 0 aliphatic carbocycles. The van der Waals surface area contributed by atoms with Gasteiger partial charge in [-0.05, 0) is 38.8 Å². The van der Waals surface area contributed by atoms with Crippen LogP contribution in [0.5, 0.6) is 0 Å². The van der Waals surface area contributed by atoms with Crippen molar-refractivity contribution in [1.29, 1.82) is 0 Å². The van der Waals surface area contributed by atoms with E-state index in [1.165, 1.54) is 4.31 Å². The second-order valence-electron chi connectivity index (χ2n) is 6.45. The van der Waals surface area contributed by atoms with Crippen molar-refractivity contribution >= 4 is 44.8 Å². The van der Waals surface area contributed by atoms with E-state index in [2.05, 4.69) is 10.5 Å². The van der Waals surface area contributed by atoms with Crippen molar-refractivity contribution in [2.24, 2.45) is 5.92 Å². The maximum Gasteiger partial charge on any atom is 0.248 e. The minimum absolute atomic E-state index is 0.0708. The Hall–Kier alpha value is -1.61. The number of halogens is 2. The average Bonchev–Trinajstić information content (AvgIpc) is 2.98. The molecule has 27 heavy (non-hydrogen) atoms. The number of anilines is 1. The molecule has 0 bridgehead atoms. The lowest BCUT2D eigenvalue weighted by atomic mass is 9.99. The van der Waals surface area contributed by atoms with Crippen molar-refractivity contribution in [3.8, 4) is 0 Å². The molecule has 1 aromatic carbocycles. The van der Waals surface area contributed by atoms with Crippen LogP contribution in [-0.2, 0) is 14.8 Å². The lowest BCUT2D eigenvalue weighted by Crippen LogP contribution is -2.43. The Labute approximate surface area is 167 Å². The maximum absolute atomic E-state index is 13.0. The van der Waals surface area contributed by atoms with Crippen LogP contribution >= 0.6 is 23.2 Å². The SMILES string of the molecule is Cc1noc(C)c1S(=O)(=O)N1CCC[C@H](C(=O)Nc2cccc(Cl)c2Cl)C1. The highest BCUT2D eigenvalue weighted by Gasteiger charge is 2.36. The number of aromatic nitrogens is 1. The smallest absolute Gasteiger partial charge is 0.248 e. The van der Waals surface area contributed by atoms with Crippen LogP contribution in [0, 0.1) is 19.8 Å². The molecule has 1 saturated heterocycles. The number of hydrogen-bond acceptors (Lipinski definition) is 5. The molecule has 1 aliphatic rings. The van der Waals surface area contributed by atoms with Crippen LogP contribution in [0.4, 0.5) is 5.69 Å². The molecule has 1 aromatic heterocycles. The van der Waals surface area contributed by atoms with Gasteiger partial charge in [-0.3, -0.25) is 4.79 Å². The molecule has 10 heteroatoms. The highest BCUT2D eigenvalue weighted by Crippen LogP contribution is 2.31. The number of benzene rings is 1. The summed E-state index contributed by atoms with van der Waals surface area (Å²) in [6.07, 6.45) is 1.15. The number of amides is 1. The molecule has 2 heterocycles. The molecule has 2 aromatic rings. The average molecular weight is 432 g/mol. The third-order valence-electron chi connectivity index (χ3n) is 4.53. The van der Waals surface area contributed by atoms with Gasteiger partial charge in [0.05, 0.1) is 21.7 Å². The van der Waals surface area contributed by atoms with E-state index in [0.717, 1.165) is 0 Å². The van der Waals surface area contributed by atoms with Crippen molar-refractivity contribution in [2.75, 3.05) is 18.4 Å². The van der Waals surface area contributed by atoms with Gasteiger partial charge in [-0.25, -0.2) is 8.42 Å². The van der Waals surface area contributed by atoms with E-state index in [1.807, 2.05) is 0 Å². The normalized spacial score (nSPS) is 18.4. The highest BCUT2D eigenvalue weighted by atomic mass is 35.5. The van der Waals surface area contributed by atoms with Gasteiger partial charge in [0.1, 0.15) is 10.6 Å². The van der Waals surface area contributed by atoms with E-state index in [0.29, 0.717) is 35.8 Å². The number of sulfonamides is 1. The van der Waals surface area contributed by atoms with Crippen LogP contribution in [0.1, 0.15) is 24.3 Å². The summed E-state index contributed by atoms with van der Waals surface area (Å²) in [5, 5.41) is 7.05. The number of piperidine rings is 1. The Morgan fingerprint density at radius 1 is 1.33 bits per heavy atom. The Morgan fingerprint density at radius 3 is 2.74 bits per heavy atom. The molecule has 0 unspecified atom stereocenters. The Kier molecular flexibility index (Phi) is 5.81. The summed E-state index contributed by atoms with van der Waals surface area (Å²) in [6, 6.07) is 4.95. The van der Waals surface area contributed by atoms with Crippen LogP contribution in [0.15, 0.2) is 27.6 Å². The molecule has 0 saturated carbocycles. The van der Waals surface area contributed by atoms with Crippen molar-refractivity contribution < 1.29 is 17.7 Å². The number of hydrogen-bond donors (Lipinski definition) is 1. The lowest BCUT2D eigenvalue weighted by Gasteiger charge is -2.31. The minimum Gasteiger partial charge on any atom is -0.360 e. The van der Waals surface area contributed by atoms with Crippen LogP contribution in [0.3, 0.4) is 0 Å². The fourth-order valence-corrected chi connectivity index (χ4v) is 5.34. The van der Waals surface area contributed by atoms with E-state index in [4.69, 9.17) is 27.7 Å². The molecule has 1 amide bonds. The number of nitrogens with one attached hydrogen (secondary N) is 1.